The minimum absolute atomic E-state index is 0.286. The van der Waals surface area contributed by atoms with Gasteiger partial charge in [0, 0.05) is 12.1 Å². The van der Waals surface area contributed by atoms with Crippen LogP contribution >= 0.6 is 0 Å². The highest BCUT2D eigenvalue weighted by atomic mass is 16.3. The van der Waals surface area contributed by atoms with Crippen molar-refractivity contribution in [2.75, 3.05) is 13.7 Å². The van der Waals surface area contributed by atoms with Crippen molar-refractivity contribution < 1.29 is 5.11 Å². The number of aliphatic hydroxyl groups is 1. The molecule has 0 aromatic carbocycles. The monoisotopic (exact) mass is 143 g/mol. The second-order valence-corrected chi connectivity index (χ2v) is 3.52. The molecule has 0 heterocycles. The van der Waals surface area contributed by atoms with Gasteiger partial charge in [-0.05, 0) is 32.2 Å². The topological polar surface area (TPSA) is 32.3 Å². The first-order valence-electron chi connectivity index (χ1n) is 4.02. The molecule has 1 aliphatic carbocycles. The van der Waals surface area contributed by atoms with Crippen LogP contribution in [0.5, 0.6) is 0 Å². The van der Waals surface area contributed by atoms with Crippen LogP contribution in [0, 0.1) is 5.92 Å². The standard InChI is InChI=1S/C8H17NO/c1-7-5-8(6-7,9-2)3-4-10/h7,9-10H,3-6H2,1-2H3. The van der Waals surface area contributed by atoms with Gasteiger partial charge in [0.2, 0.25) is 0 Å². The first-order valence-corrected chi connectivity index (χ1v) is 4.02. The van der Waals surface area contributed by atoms with Gasteiger partial charge in [-0.3, -0.25) is 0 Å². The predicted octanol–water partition coefficient (Wildman–Crippen LogP) is 0.757. The second-order valence-electron chi connectivity index (χ2n) is 3.52. The average Bonchev–Trinajstić information content (AvgIpc) is 1.84. The Morgan fingerprint density at radius 3 is 2.50 bits per heavy atom. The van der Waals surface area contributed by atoms with Crippen LogP contribution in [0.1, 0.15) is 26.2 Å². The van der Waals surface area contributed by atoms with Crippen molar-refractivity contribution in [3.8, 4) is 0 Å². The fraction of sp³-hybridized carbons (Fsp3) is 1.00. The lowest BCUT2D eigenvalue weighted by molar-refractivity contribution is 0.0900. The number of aliphatic hydroxyl groups excluding tert-OH is 1. The van der Waals surface area contributed by atoms with Crippen molar-refractivity contribution >= 4 is 0 Å². The molecule has 1 rings (SSSR count). The van der Waals surface area contributed by atoms with Crippen molar-refractivity contribution in [3.05, 3.63) is 0 Å². The zero-order chi connectivity index (χ0) is 7.61. The van der Waals surface area contributed by atoms with Crippen LogP contribution in [0.3, 0.4) is 0 Å². The fourth-order valence-corrected chi connectivity index (χ4v) is 2.02. The quantitative estimate of drug-likeness (QED) is 0.611. The Morgan fingerprint density at radius 2 is 2.20 bits per heavy atom. The van der Waals surface area contributed by atoms with Crippen molar-refractivity contribution in [1.82, 2.24) is 5.32 Å². The van der Waals surface area contributed by atoms with E-state index in [1.54, 1.807) is 0 Å². The summed E-state index contributed by atoms with van der Waals surface area (Å²) in [6.07, 6.45) is 3.36. The van der Waals surface area contributed by atoms with E-state index in [0.717, 1.165) is 12.3 Å². The van der Waals surface area contributed by atoms with Crippen molar-refractivity contribution in [2.24, 2.45) is 5.92 Å². The molecular weight excluding hydrogens is 126 g/mol. The first kappa shape index (κ1) is 8.02. The lowest BCUT2D eigenvalue weighted by atomic mass is 9.67. The number of hydrogen-bond donors (Lipinski definition) is 2. The molecule has 0 unspecified atom stereocenters. The maximum Gasteiger partial charge on any atom is 0.0448 e. The maximum atomic E-state index is 8.74. The molecule has 60 valence electrons. The van der Waals surface area contributed by atoms with Crippen LogP contribution in [0.25, 0.3) is 0 Å². The summed E-state index contributed by atoms with van der Waals surface area (Å²) in [5.74, 6) is 0.846. The van der Waals surface area contributed by atoms with Crippen LogP contribution < -0.4 is 5.32 Å². The third-order valence-corrected chi connectivity index (χ3v) is 2.60. The summed E-state index contributed by atoms with van der Waals surface area (Å²) in [7, 11) is 1.99. The van der Waals surface area contributed by atoms with Crippen LogP contribution in [-0.2, 0) is 0 Å². The van der Waals surface area contributed by atoms with Gasteiger partial charge in [-0.2, -0.15) is 0 Å². The molecule has 2 heteroatoms. The molecule has 1 fully saturated rings. The average molecular weight is 143 g/mol. The van der Waals surface area contributed by atoms with Gasteiger partial charge in [-0.1, -0.05) is 6.92 Å². The Bertz CT molecular complexity index is 102. The minimum atomic E-state index is 0.286. The molecular formula is C8H17NO. The van der Waals surface area contributed by atoms with E-state index in [-0.39, 0.29) is 5.54 Å². The number of rotatable bonds is 3. The molecule has 0 amide bonds. The molecule has 0 bridgehead atoms. The minimum Gasteiger partial charge on any atom is -0.396 e. The summed E-state index contributed by atoms with van der Waals surface area (Å²) in [5, 5.41) is 12.0. The van der Waals surface area contributed by atoms with E-state index < -0.39 is 0 Å². The van der Waals surface area contributed by atoms with E-state index in [0.29, 0.717) is 6.61 Å². The predicted molar refractivity (Wildman–Crippen MR) is 41.9 cm³/mol. The van der Waals surface area contributed by atoms with Gasteiger partial charge in [0.25, 0.3) is 0 Å². The Hall–Kier alpha value is -0.0800. The van der Waals surface area contributed by atoms with Crippen molar-refractivity contribution in [2.45, 2.75) is 31.7 Å². The Labute approximate surface area is 62.6 Å². The summed E-state index contributed by atoms with van der Waals surface area (Å²) in [6, 6.07) is 0. The molecule has 0 aromatic heterocycles. The summed E-state index contributed by atoms with van der Waals surface area (Å²) < 4.78 is 0. The van der Waals surface area contributed by atoms with Crippen molar-refractivity contribution in [1.29, 1.82) is 0 Å². The van der Waals surface area contributed by atoms with Crippen molar-refractivity contribution in [3.63, 3.8) is 0 Å². The molecule has 10 heavy (non-hydrogen) atoms. The summed E-state index contributed by atoms with van der Waals surface area (Å²) in [6.45, 7) is 2.57. The van der Waals surface area contributed by atoms with Gasteiger partial charge < -0.3 is 10.4 Å². The normalized spacial score (nSPS) is 39.3. The smallest absolute Gasteiger partial charge is 0.0448 e. The van der Waals surface area contributed by atoms with E-state index in [1.807, 2.05) is 7.05 Å². The van der Waals surface area contributed by atoms with Gasteiger partial charge in [0.1, 0.15) is 0 Å². The van der Waals surface area contributed by atoms with E-state index in [1.165, 1.54) is 12.8 Å². The first-order chi connectivity index (χ1) is 4.72. The molecule has 0 spiro atoms. The maximum absolute atomic E-state index is 8.74. The molecule has 2 N–H and O–H groups in total. The molecule has 1 saturated carbocycles. The highest BCUT2D eigenvalue weighted by Crippen LogP contribution is 2.39. The lowest BCUT2D eigenvalue weighted by Gasteiger charge is -2.46. The third kappa shape index (κ3) is 1.32. The van der Waals surface area contributed by atoms with Crippen LogP contribution in [-0.4, -0.2) is 24.3 Å². The van der Waals surface area contributed by atoms with Gasteiger partial charge in [0.05, 0.1) is 0 Å². The zero-order valence-electron chi connectivity index (χ0n) is 6.85. The largest absolute Gasteiger partial charge is 0.396 e. The van der Waals surface area contributed by atoms with Gasteiger partial charge in [-0.25, -0.2) is 0 Å². The Balaban J connectivity index is 2.32. The summed E-state index contributed by atoms with van der Waals surface area (Å²) >= 11 is 0. The molecule has 2 nitrogen and oxygen atoms in total. The van der Waals surface area contributed by atoms with Gasteiger partial charge >= 0.3 is 0 Å². The molecule has 0 aliphatic heterocycles. The molecule has 0 aromatic rings. The molecule has 0 radical (unpaired) electrons. The second kappa shape index (κ2) is 2.89. The van der Waals surface area contributed by atoms with Crippen LogP contribution in [0.2, 0.25) is 0 Å². The Kier molecular flexibility index (Phi) is 2.32. The van der Waals surface area contributed by atoms with Gasteiger partial charge in [-0.15, -0.1) is 0 Å². The van der Waals surface area contributed by atoms with Crippen LogP contribution in [0.15, 0.2) is 0 Å². The van der Waals surface area contributed by atoms with Gasteiger partial charge in [0.15, 0.2) is 0 Å². The van der Waals surface area contributed by atoms with E-state index in [4.69, 9.17) is 5.11 Å². The highest BCUT2D eigenvalue weighted by molar-refractivity contribution is 4.98. The van der Waals surface area contributed by atoms with E-state index in [2.05, 4.69) is 12.2 Å². The SMILES string of the molecule is CNC1(CCO)CC(C)C1. The third-order valence-electron chi connectivity index (χ3n) is 2.60. The van der Waals surface area contributed by atoms with E-state index in [9.17, 15) is 0 Å². The van der Waals surface area contributed by atoms with E-state index >= 15 is 0 Å². The number of hydrogen-bond acceptors (Lipinski definition) is 2. The van der Waals surface area contributed by atoms with Crippen LogP contribution in [0.4, 0.5) is 0 Å². The molecule has 0 atom stereocenters. The molecule has 0 saturated heterocycles. The molecule has 1 aliphatic rings. The fourth-order valence-electron chi connectivity index (χ4n) is 2.02. The highest BCUT2D eigenvalue weighted by Gasteiger charge is 2.39. The Morgan fingerprint density at radius 1 is 1.60 bits per heavy atom. The summed E-state index contributed by atoms with van der Waals surface area (Å²) in [4.78, 5) is 0. The number of nitrogens with one attached hydrogen (secondary N) is 1. The summed E-state index contributed by atoms with van der Waals surface area (Å²) in [5.41, 5.74) is 0.286. The zero-order valence-corrected chi connectivity index (χ0v) is 6.85. The lowest BCUT2D eigenvalue weighted by Crippen LogP contribution is -2.53.